The van der Waals surface area contributed by atoms with Crippen LogP contribution >= 0.6 is 11.3 Å². The summed E-state index contributed by atoms with van der Waals surface area (Å²) in [7, 11) is 0. The van der Waals surface area contributed by atoms with Crippen LogP contribution in [-0.4, -0.2) is 41.2 Å². The molecule has 120 valence electrons. The number of carbonyl (C=O) groups excluding carboxylic acids is 3. The minimum absolute atomic E-state index is 0.153. The average molecular weight is 323 g/mol. The number of thiophene rings is 1. The van der Waals surface area contributed by atoms with Crippen LogP contribution in [0.15, 0.2) is 17.5 Å². The van der Waals surface area contributed by atoms with E-state index in [1.54, 1.807) is 24.0 Å². The summed E-state index contributed by atoms with van der Waals surface area (Å²) in [6.45, 7) is 2.28. The van der Waals surface area contributed by atoms with Gasteiger partial charge in [0.15, 0.2) is 0 Å². The van der Waals surface area contributed by atoms with Gasteiger partial charge < -0.3 is 16.0 Å². The second-order valence-electron chi connectivity index (χ2n) is 5.52. The largest absolute Gasteiger partial charge is 0.370 e. The van der Waals surface area contributed by atoms with E-state index in [1.165, 1.54) is 11.3 Å². The van der Waals surface area contributed by atoms with E-state index in [2.05, 4.69) is 5.32 Å². The lowest BCUT2D eigenvalue weighted by Crippen LogP contribution is -2.53. The fourth-order valence-corrected chi connectivity index (χ4v) is 3.35. The summed E-state index contributed by atoms with van der Waals surface area (Å²) in [5, 5.41) is 4.53. The third kappa shape index (κ3) is 4.07. The predicted molar refractivity (Wildman–Crippen MR) is 84.4 cm³/mol. The first kappa shape index (κ1) is 16.5. The van der Waals surface area contributed by atoms with Crippen LogP contribution in [0.4, 0.5) is 0 Å². The zero-order valence-electron chi connectivity index (χ0n) is 12.6. The highest BCUT2D eigenvalue weighted by Crippen LogP contribution is 2.20. The molecule has 2 heterocycles. The molecule has 0 radical (unpaired) electrons. The van der Waals surface area contributed by atoms with E-state index in [0.29, 0.717) is 11.4 Å². The molecule has 2 rings (SSSR count). The predicted octanol–water partition coefficient (Wildman–Crippen LogP) is 1.12. The van der Waals surface area contributed by atoms with Gasteiger partial charge in [-0.05, 0) is 37.6 Å². The molecule has 1 fully saturated rings. The minimum atomic E-state index is -0.622. The van der Waals surface area contributed by atoms with E-state index >= 15 is 0 Å². The molecule has 0 aromatic carbocycles. The number of nitrogens with zero attached hydrogens (tertiary/aromatic N) is 1. The van der Waals surface area contributed by atoms with Gasteiger partial charge in [-0.25, -0.2) is 0 Å². The average Bonchev–Trinajstić information content (AvgIpc) is 3.00. The molecular formula is C15H21N3O3S. The van der Waals surface area contributed by atoms with Crippen LogP contribution in [0.3, 0.4) is 0 Å². The molecule has 3 amide bonds. The molecule has 7 heteroatoms. The van der Waals surface area contributed by atoms with E-state index in [0.717, 1.165) is 19.3 Å². The van der Waals surface area contributed by atoms with Crippen LogP contribution in [0, 0.1) is 0 Å². The number of nitrogens with one attached hydrogen (secondary N) is 1. The molecule has 6 nitrogen and oxygen atoms in total. The lowest BCUT2D eigenvalue weighted by Gasteiger charge is -2.36. The highest BCUT2D eigenvalue weighted by Gasteiger charge is 2.31. The molecule has 1 aliphatic heterocycles. The zero-order chi connectivity index (χ0) is 16.1. The van der Waals surface area contributed by atoms with Gasteiger partial charge in [0.05, 0.1) is 4.88 Å². The third-order valence-corrected chi connectivity index (χ3v) is 4.68. The van der Waals surface area contributed by atoms with Crippen molar-refractivity contribution in [2.45, 2.75) is 44.7 Å². The molecule has 3 N–H and O–H groups in total. The molecule has 1 aliphatic rings. The van der Waals surface area contributed by atoms with E-state index in [1.807, 2.05) is 5.38 Å². The number of carbonyl (C=O) groups is 3. The van der Waals surface area contributed by atoms with Crippen molar-refractivity contribution in [3.05, 3.63) is 22.4 Å². The zero-order valence-corrected chi connectivity index (χ0v) is 13.4. The topological polar surface area (TPSA) is 92.5 Å². The number of nitrogens with two attached hydrogens (primary N) is 1. The number of primary amides is 1. The summed E-state index contributed by atoms with van der Waals surface area (Å²) in [6.07, 6.45) is 2.85. The number of hydrogen-bond donors (Lipinski definition) is 2. The van der Waals surface area contributed by atoms with Gasteiger partial charge in [0.25, 0.3) is 5.91 Å². The maximum atomic E-state index is 12.6. The van der Waals surface area contributed by atoms with E-state index < -0.39 is 11.9 Å². The first-order valence-electron chi connectivity index (χ1n) is 7.42. The Hall–Kier alpha value is -1.89. The number of rotatable bonds is 5. The van der Waals surface area contributed by atoms with Gasteiger partial charge in [-0.1, -0.05) is 6.07 Å². The van der Waals surface area contributed by atoms with Crippen LogP contribution < -0.4 is 11.1 Å². The Morgan fingerprint density at radius 1 is 1.45 bits per heavy atom. The van der Waals surface area contributed by atoms with Crippen LogP contribution in [0.25, 0.3) is 0 Å². The van der Waals surface area contributed by atoms with Crippen molar-refractivity contribution in [1.29, 1.82) is 0 Å². The summed E-state index contributed by atoms with van der Waals surface area (Å²) in [5.41, 5.74) is 5.26. The van der Waals surface area contributed by atoms with E-state index in [-0.39, 0.29) is 24.3 Å². The summed E-state index contributed by atoms with van der Waals surface area (Å²) in [4.78, 5) is 38.0. The Bertz CT molecular complexity index is 544. The van der Waals surface area contributed by atoms with Crippen molar-refractivity contribution in [1.82, 2.24) is 10.2 Å². The second kappa shape index (κ2) is 7.40. The number of likely N-dealkylation sites (tertiary alicyclic amines) is 1. The lowest BCUT2D eigenvalue weighted by atomic mass is 9.98. The fraction of sp³-hybridized carbons (Fsp3) is 0.533. The SMILES string of the molecule is C[C@H](NC(=O)c1cccs1)C(=O)N1CCCC[C@@H]1CC(N)=O. The molecule has 1 aromatic heterocycles. The first-order valence-corrected chi connectivity index (χ1v) is 8.30. The van der Waals surface area contributed by atoms with Crippen LogP contribution in [0.1, 0.15) is 42.3 Å². The fourth-order valence-electron chi connectivity index (χ4n) is 2.72. The van der Waals surface area contributed by atoms with Crippen LogP contribution in [0.5, 0.6) is 0 Å². The minimum Gasteiger partial charge on any atom is -0.370 e. The number of amides is 3. The molecule has 22 heavy (non-hydrogen) atoms. The van der Waals surface area contributed by atoms with Crippen molar-refractivity contribution in [2.75, 3.05) is 6.54 Å². The summed E-state index contributed by atoms with van der Waals surface area (Å²) >= 11 is 1.33. The van der Waals surface area contributed by atoms with Gasteiger partial charge in [-0.3, -0.25) is 14.4 Å². The van der Waals surface area contributed by atoms with Crippen molar-refractivity contribution < 1.29 is 14.4 Å². The third-order valence-electron chi connectivity index (χ3n) is 3.81. The number of piperidine rings is 1. The first-order chi connectivity index (χ1) is 10.5. The Morgan fingerprint density at radius 2 is 2.23 bits per heavy atom. The molecule has 0 spiro atoms. The highest BCUT2D eigenvalue weighted by molar-refractivity contribution is 7.12. The Balaban J connectivity index is 1.98. The van der Waals surface area contributed by atoms with Gasteiger partial charge in [0, 0.05) is 19.0 Å². The Labute approximate surface area is 133 Å². The Kier molecular flexibility index (Phi) is 5.54. The highest BCUT2D eigenvalue weighted by atomic mass is 32.1. The molecule has 0 unspecified atom stereocenters. The summed E-state index contributed by atoms with van der Waals surface area (Å²) < 4.78 is 0. The monoisotopic (exact) mass is 323 g/mol. The molecule has 1 saturated heterocycles. The van der Waals surface area contributed by atoms with Gasteiger partial charge in [0.1, 0.15) is 6.04 Å². The van der Waals surface area contributed by atoms with Crippen LogP contribution in [-0.2, 0) is 9.59 Å². The van der Waals surface area contributed by atoms with Crippen LogP contribution in [0.2, 0.25) is 0 Å². The molecule has 0 bridgehead atoms. The molecule has 0 aliphatic carbocycles. The smallest absolute Gasteiger partial charge is 0.261 e. The van der Waals surface area contributed by atoms with Crippen molar-refractivity contribution >= 4 is 29.1 Å². The molecule has 1 aromatic rings. The van der Waals surface area contributed by atoms with Crippen molar-refractivity contribution in [3.8, 4) is 0 Å². The molecular weight excluding hydrogens is 302 g/mol. The Morgan fingerprint density at radius 3 is 2.86 bits per heavy atom. The maximum Gasteiger partial charge on any atom is 0.261 e. The van der Waals surface area contributed by atoms with Gasteiger partial charge >= 0.3 is 0 Å². The lowest BCUT2D eigenvalue weighted by molar-refractivity contribution is -0.137. The van der Waals surface area contributed by atoms with E-state index in [4.69, 9.17) is 5.73 Å². The van der Waals surface area contributed by atoms with Crippen molar-refractivity contribution in [2.24, 2.45) is 5.73 Å². The molecule has 0 saturated carbocycles. The van der Waals surface area contributed by atoms with E-state index in [9.17, 15) is 14.4 Å². The summed E-state index contributed by atoms with van der Waals surface area (Å²) in [5.74, 6) is -0.810. The number of hydrogen-bond acceptors (Lipinski definition) is 4. The normalized spacial score (nSPS) is 19.5. The second-order valence-corrected chi connectivity index (χ2v) is 6.47. The standard InChI is InChI=1S/C15H21N3O3S/c1-10(17-14(20)12-6-4-8-22-12)15(21)18-7-3-2-5-11(18)9-13(16)19/h4,6,8,10-11H,2-3,5,7,9H2,1H3,(H2,16,19)(H,17,20)/t10-,11+/m0/s1. The van der Waals surface area contributed by atoms with Gasteiger partial charge in [-0.15, -0.1) is 11.3 Å². The van der Waals surface area contributed by atoms with Gasteiger partial charge in [-0.2, -0.15) is 0 Å². The molecule has 2 atom stereocenters. The summed E-state index contributed by atoms with van der Waals surface area (Å²) in [6, 6.07) is 2.73. The maximum absolute atomic E-state index is 12.6. The van der Waals surface area contributed by atoms with Gasteiger partial charge in [0.2, 0.25) is 11.8 Å². The van der Waals surface area contributed by atoms with Crippen molar-refractivity contribution in [3.63, 3.8) is 0 Å². The quantitative estimate of drug-likeness (QED) is 0.850.